The molecule has 0 bridgehead atoms. The number of hydrogen-bond donors (Lipinski definition) is 1. The molecule has 1 N–H and O–H groups in total. The van der Waals surface area contributed by atoms with Crippen LogP contribution in [-0.4, -0.2) is 32.6 Å². The Balaban J connectivity index is 2.92. The summed E-state index contributed by atoms with van der Waals surface area (Å²) < 4.78 is 5.04. The van der Waals surface area contributed by atoms with Crippen LogP contribution in [0.3, 0.4) is 0 Å². The average Bonchev–Trinajstić information content (AvgIpc) is 2.15. The molecule has 0 saturated heterocycles. The van der Waals surface area contributed by atoms with Crippen LogP contribution in [0.5, 0.6) is 0 Å². The van der Waals surface area contributed by atoms with E-state index in [9.17, 15) is 9.59 Å². The minimum Gasteiger partial charge on any atom is -0.475 e. The van der Waals surface area contributed by atoms with E-state index in [4.69, 9.17) is 9.84 Å². The molecular formula is C10H12N2O4. The Labute approximate surface area is 92.3 Å². The van der Waals surface area contributed by atoms with Crippen molar-refractivity contribution in [3.05, 3.63) is 23.8 Å². The van der Waals surface area contributed by atoms with Crippen molar-refractivity contribution in [2.24, 2.45) is 0 Å². The highest BCUT2D eigenvalue weighted by Gasteiger charge is 2.20. The van der Waals surface area contributed by atoms with Gasteiger partial charge in [0.25, 0.3) is 0 Å². The zero-order valence-electron chi connectivity index (χ0n) is 9.22. The summed E-state index contributed by atoms with van der Waals surface area (Å²) >= 11 is 0. The van der Waals surface area contributed by atoms with Crippen molar-refractivity contribution in [2.45, 2.75) is 26.4 Å². The number of esters is 1. The summed E-state index contributed by atoms with van der Waals surface area (Å²) in [6, 6.07) is 1.31. The van der Waals surface area contributed by atoms with Gasteiger partial charge in [0.1, 0.15) is 5.60 Å². The Hall–Kier alpha value is -1.98. The molecule has 0 aromatic carbocycles. The molecule has 1 aromatic rings. The second-order valence-corrected chi connectivity index (χ2v) is 4.07. The first kappa shape index (κ1) is 12.1. The Kier molecular flexibility index (Phi) is 3.22. The van der Waals surface area contributed by atoms with Crippen molar-refractivity contribution in [1.82, 2.24) is 9.97 Å². The summed E-state index contributed by atoms with van der Waals surface area (Å²) in [5.74, 6) is -2.38. The second-order valence-electron chi connectivity index (χ2n) is 4.07. The standard InChI is InChI=1S/C10H12N2O4/c1-10(2,3)16-9(15)6-4-5-11-7(12-6)8(13)14/h4-5H,1-3H3,(H,13,14). The highest BCUT2D eigenvalue weighted by Crippen LogP contribution is 2.10. The number of ether oxygens (including phenoxy) is 1. The Morgan fingerprint density at radius 3 is 2.50 bits per heavy atom. The van der Waals surface area contributed by atoms with Crippen LogP contribution in [0.2, 0.25) is 0 Å². The van der Waals surface area contributed by atoms with Crippen LogP contribution >= 0.6 is 0 Å². The predicted octanol–water partition coefficient (Wildman–Crippen LogP) is 1.13. The molecule has 0 saturated carbocycles. The van der Waals surface area contributed by atoms with Gasteiger partial charge in [0.15, 0.2) is 5.69 Å². The normalized spacial score (nSPS) is 10.9. The SMILES string of the molecule is CC(C)(C)OC(=O)c1ccnc(C(=O)O)n1. The summed E-state index contributed by atoms with van der Waals surface area (Å²) in [7, 11) is 0. The molecule has 16 heavy (non-hydrogen) atoms. The van der Waals surface area contributed by atoms with E-state index in [0.717, 1.165) is 0 Å². The molecule has 0 amide bonds. The zero-order chi connectivity index (χ0) is 12.3. The van der Waals surface area contributed by atoms with Gasteiger partial charge in [0.05, 0.1) is 0 Å². The summed E-state index contributed by atoms with van der Waals surface area (Å²) in [4.78, 5) is 29.2. The van der Waals surface area contributed by atoms with Crippen LogP contribution in [0, 0.1) is 0 Å². The van der Waals surface area contributed by atoms with Crippen LogP contribution in [0.1, 0.15) is 41.9 Å². The van der Waals surface area contributed by atoms with E-state index in [1.165, 1.54) is 12.3 Å². The van der Waals surface area contributed by atoms with Gasteiger partial charge >= 0.3 is 11.9 Å². The lowest BCUT2D eigenvalue weighted by Crippen LogP contribution is -2.25. The third-order valence-electron chi connectivity index (χ3n) is 1.45. The molecule has 6 nitrogen and oxygen atoms in total. The number of carbonyl (C=O) groups excluding carboxylic acids is 1. The van der Waals surface area contributed by atoms with Crippen LogP contribution in [-0.2, 0) is 4.74 Å². The molecule has 1 heterocycles. The smallest absolute Gasteiger partial charge is 0.373 e. The maximum atomic E-state index is 11.5. The van der Waals surface area contributed by atoms with E-state index < -0.39 is 23.4 Å². The van der Waals surface area contributed by atoms with Crippen LogP contribution in [0.4, 0.5) is 0 Å². The van der Waals surface area contributed by atoms with Gasteiger partial charge < -0.3 is 9.84 Å². The molecule has 0 spiro atoms. The fourth-order valence-electron chi connectivity index (χ4n) is 0.906. The van der Waals surface area contributed by atoms with E-state index in [1.54, 1.807) is 20.8 Å². The van der Waals surface area contributed by atoms with Gasteiger partial charge in [0, 0.05) is 6.20 Å². The van der Waals surface area contributed by atoms with Gasteiger partial charge in [-0.05, 0) is 26.8 Å². The molecule has 0 aliphatic carbocycles. The largest absolute Gasteiger partial charge is 0.475 e. The van der Waals surface area contributed by atoms with Crippen molar-refractivity contribution in [2.75, 3.05) is 0 Å². The third-order valence-corrected chi connectivity index (χ3v) is 1.45. The molecule has 0 atom stereocenters. The molecule has 86 valence electrons. The topological polar surface area (TPSA) is 89.4 Å². The third kappa shape index (κ3) is 3.30. The van der Waals surface area contributed by atoms with Crippen molar-refractivity contribution in [3.8, 4) is 0 Å². The predicted molar refractivity (Wildman–Crippen MR) is 54.2 cm³/mol. The van der Waals surface area contributed by atoms with Gasteiger partial charge in [-0.3, -0.25) is 0 Å². The lowest BCUT2D eigenvalue weighted by molar-refractivity contribution is 0.00625. The monoisotopic (exact) mass is 224 g/mol. The Bertz CT molecular complexity index is 423. The molecule has 0 fully saturated rings. The summed E-state index contributed by atoms with van der Waals surface area (Å²) in [5.41, 5.74) is -0.715. The number of carbonyl (C=O) groups is 2. The van der Waals surface area contributed by atoms with E-state index in [0.29, 0.717) is 0 Å². The number of aromatic carboxylic acids is 1. The van der Waals surface area contributed by atoms with Crippen molar-refractivity contribution < 1.29 is 19.4 Å². The summed E-state index contributed by atoms with van der Waals surface area (Å²) in [6.07, 6.45) is 1.20. The highest BCUT2D eigenvalue weighted by atomic mass is 16.6. The number of aromatic nitrogens is 2. The van der Waals surface area contributed by atoms with E-state index in [1.807, 2.05) is 0 Å². The number of hydrogen-bond acceptors (Lipinski definition) is 5. The number of carboxylic acids is 1. The van der Waals surface area contributed by atoms with Crippen molar-refractivity contribution >= 4 is 11.9 Å². The molecule has 0 unspecified atom stereocenters. The fraction of sp³-hybridized carbons (Fsp3) is 0.400. The molecule has 0 aliphatic rings. The first-order valence-corrected chi connectivity index (χ1v) is 4.59. The maximum Gasteiger partial charge on any atom is 0.373 e. The molecule has 1 rings (SSSR count). The number of carboxylic acid groups (broad SMARTS) is 1. The molecule has 0 aliphatic heterocycles. The second kappa shape index (κ2) is 4.26. The Morgan fingerprint density at radius 2 is 2.00 bits per heavy atom. The summed E-state index contributed by atoms with van der Waals surface area (Å²) in [6.45, 7) is 5.14. The van der Waals surface area contributed by atoms with Crippen molar-refractivity contribution in [3.63, 3.8) is 0 Å². The lowest BCUT2D eigenvalue weighted by Gasteiger charge is -2.18. The summed E-state index contributed by atoms with van der Waals surface area (Å²) in [5, 5.41) is 8.65. The van der Waals surface area contributed by atoms with Gasteiger partial charge in [-0.15, -0.1) is 0 Å². The first-order valence-electron chi connectivity index (χ1n) is 4.59. The van der Waals surface area contributed by atoms with Crippen molar-refractivity contribution in [1.29, 1.82) is 0 Å². The quantitative estimate of drug-likeness (QED) is 0.757. The first-order chi connectivity index (χ1) is 7.29. The van der Waals surface area contributed by atoms with Gasteiger partial charge in [-0.25, -0.2) is 19.6 Å². The zero-order valence-corrected chi connectivity index (χ0v) is 9.22. The fourth-order valence-corrected chi connectivity index (χ4v) is 0.906. The minimum atomic E-state index is -1.29. The van der Waals surface area contributed by atoms with Gasteiger partial charge in [-0.1, -0.05) is 0 Å². The number of nitrogens with zero attached hydrogens (tertiary/aromatic N) is 2. The van der Waals surface area contributed by atoms with Crippen LogP contribution in [0.15, 0.2) is 12.3 Å². The van der Waals surface area contributed by atoms with Crippen LogP contribution in [0.25, 0.3) is 0 Å². The van der Waals surface area contributed by atoms with Crippen LogP contribution < -0.4 is 0 Å². The number of rotatable bonds is 2. The molecule has 0 radical (unpaired) electrons. The average molecular weight is 224 g/mol. The minimum absolute atomic E-state index is 0.0673. The van der Waals surface area contributed by atoms with E-state index >= 15 is 0 Å². The van der Waals surface area contributed by atoms with Gasteiger partial charge in [-0.2, -0.15) is 0 Å². The highest BCUT2D eigenvalue weighted by molar-refractivity contribution is 5.89. The maximum absolute atomic E-state index is 11.5. The van der Waals surface area contributed by atoms with Gasteiger partial charge in [0.2, 0.25) is 5.82 Å². The van der Waals surface area contributed by atoms with E-state index in [2.05, 4.69) is 9.97 Å². The molecule has 1 aromatic heterocycles. The lowest BCUT2D eigenvalue weighted by atomic mass is 10.2. The molecule has 6 heteroatoms. The van der Waals surface area contributed by atoms with E-state index in [-0.39, 0.29) is 5.69 Å². The molecular weight excluding hydrogens is 212 g/mol. The Morgan fingerprint density at radius 1 is 1.38 bits per heavy atom.